The van der Waals surface area contributed by atoms with Gasteiger partial charge in [-0.05, 0) is 42.0 Å². The second-order valence-corrected chi connectivity index (χ2v) is 10.7. The molecule has 1 fully saturated rings. The number of aromatic amines is 1. The van der Waals surface area contributed by atoms with Gasteiger partial charge in [-0.25, -0.2) is 0 Å². The summed E-state index contributed by atoms with van der Waals surface area (Å²) >= 11 is 0. The van der Waals surface area contributed by atoms with Crippen molar-refractivity contribution < 1.29 is 14.4 Å². The van der Waals surface area contributed by atoms with Crippen LogP contribution in [0.25, 0.3) is 10.9 Å². The van der Waals surface area contributed by atoms with Gasteiger partial charge in [0.1, 0.15) is 12.1 Å². The average Bonchev–Trinajstić information content (AvgIpc) is 3.59. The molecule has 2 aliphatic heterocycles. The normalized spacial score (nSPS) is 21.9. The molecule has 0 saturated heterocycles. The third kappa shape index (κ3) is 3.60. The SMILES string of the molecule is CC(C)[C@H](NC(=O)[C@@H]1Cc2c([nH]c3ccccc23)[C@@H]2c3ccccc3C(=O)N21)C(=O)NC1CCCC1. The third-order valence-corrected chi connectivity index (χ3v) is 8.10. The number of nitrogens with zero attached hydrogens (tertiary/aromatic N) is 1. The van der Waals surface area contributed by atoms with Crippen molar-refractivity contribution >= 4 is 28.6 Å². The minimum atomic E-state index is -0.706. The molecule has 3 heterocycles. The number of nitrogens with one attached hydrogen (secondary N) is 3. The van der Waals surface area contributed by atoms with E-state index in [4.69, 9.17) is 0 Å². The van der Waals surface area contributed by atoms with Crippen molar-refractivity contribution in [3.05, 3.63) is 70.9 Å². The van der Waals surface area contributed by atoms with E-state index >= 15 is 0 Å². The van der Waals surface area contributed by atoms with Gasteiger partial charge in [-0.1, -0.05) is 63.1 Å². The predicted octanol–water partition coefficient (Wildman–Crippen LogP) is 3.84. The van der Waals surface area contributed by atoms with Crippen LogP contribution in [0.1, 0.15) is 72.8 Å². The Morgan fingerprint density at radius 3 is 2.53 bits per heavy atom. The second-order valence-electron chi connectivity index (χ2n) is 10.7. The number of fused-ring (bicyclic) bond motifs is 7. The first-order valence-corrected chi connectivity index (χ1v) is 13.1. The maximum atomic E-state index is 13.9. The van der Waals surface area contributed by atoms with Crippen LogP contribution in [-0.2, 0) is 16.0 Å². The quantitative estimate of drug-likeness (QED) is 0.514. The van der Waals surface area contributed by atoms with E-state index in [0.717, 1.165) is 53.4 Å². The van der Waals surface area contributed by atoms with Gasteiger partial charge in [-0.2, -0.15) is 0 Å². The summed E-state index contributed by atoms with van der Waals surface area (Å²) in [5.74, 6) is -0.639. The zero-order valence-electron chi connectivity index (χ0n) is 20.7. The van der Waals surface area contributed by atoms with Crippen LogP contribution in [-0.4, -0.2) is 45.7 Å². The second kappa shape index (κ2) is 8.80. The summed E-state index contributed by atoms with van der Waals surface area (Å²) in [6, 6.07) is 14.1. The number of rotatable bonds is 5. The monoisotopic (exact) mass is 484 g/mol. The predicted molar refractivity (Wildman–Crippen MR) is 137 cm³/mol. The molecule has 1 aromatic heterocycles. The number of benzene rings is 2. The molecule has 2 aromatic carbocycles. The van der Waals surface area contributed by atoms with Crippen LogP contribution in [0, 0.1) is 5.92 Å². The van der Waals surface area contributed by atoms with Crippen LogP contribution in [0.15, 0.2) is 48.5 Å². The van der Waals surface area contributed by atoms with Gasteiger partial charge in [0.05, 0.1) is 6.04 Å². The van der Waals surface area contributed by atoms with E-state index < -0.39 is 12.1 Å². The van der Waals surface area contributed by atoms with Crippen LogP contribution in [0.5, 0.6) is 0 Å². The van der Waals surface area contributed by atoms with Crippen molar-refractivity contribution in [1.29, 1.82) is 0 Å². The molecule has 3 aromatic rings. The molecule has 1 aliphatic carbocycles. The van der Waals surface area contributed by atoms with Gasteiger partial charge in [0.25, 0.3) is 5.91 Å². The van der Waals surface area contributed by atoms with Crippen LogP contribution in [0.2, 0.25) is 0 Å². The Hall–Kier alpha value is -3.61. The van der Waals surface area contributed by atoms with Crippen LogP contribution in [0.3, 0.4) is 0 Å². The number of H-pyrrole nitrogens is 1. The van der Waals surface area contributed by atoms with Crippen molar-refractivity contribution in [3.8, 4) is 0 Å². The van der Waals surface area contributed by atoms with E-state index in [1.165, 1.54) is 0 Å². The van der Waals surface area contributed by atoms with Crippen molar-refractivity contribution in [2.24, 2.45) is 5.92 Å². The Morgan fingerprint density at radius 2 is 1.75 bits per heavy atom. The number of aromatic nitrogens is 1. The summed E-state index contributed by atoms with van der Waals surface area (Å²) in [4.78, 5) is 45.9. The van der Waals surface area contributed by atoms with Crippen molar-refractivity contribution in [2.75, 3.05) is 0 Å². The lowest BCUT2D eigenvalue weighted by atomic mass is 9.89. The van der Waals surface area contributed by atoms with E-state index in [9.17, 15) is 14.4 Å². The fourth-order valence-electron chi connectivity index (χ4n) is 6.28. The average molecular weight is 485 g/mol. The minimum Gasteiger partial charge on any atom is -0.356 e. The molecule has 7 heteroatoms. The summed E-state index contributed by atoms with van der Waals surface area (Å²) in [5, 5.41) is 7.24. The zero-order valence-corrected chi connectivity index (χ0v) is 20.7. The van der Waals surface area contributed by atoms with E-state index in [2.05, 4.69) is 21.7 Å². The maximum absolute atomic E-state index is 13.9. The van der Waals surface area contributed by atoms with E-state index in [1.807, 2.05) is 56.3 Å². The van der Waals surface area contributed by atoms with E-state index in [1.54, 1.807) is 4.90 Å². The lowest BCUT2D eigenvalue weighted by molar-refractivity contribution is -0.133. The van der Waals surface area contributed by atoms with Crippen LogP contribution < -0.4 is 10.6 Å². The molecule has 1 saturated carbocycles. The number of carbonyl (C=O) groups excluding carboxylic acids is 3. The topological polar surface area (TPSA) is 94.3 Å². The van der Waals surface area contributed by atoms with Crippen LogP contribution in [0.4, 0.5) is 0 Å². The lowest BCUT2D eigenvalue weighted by Crippen LogP contribution is -2.58. The molecule has 0 radical (unpaired) electrons. The standard InChI is InChI=1S/C29H32N4O3/c1-16(2)24(28(35)30-17-9-3-4-10-17)32-27(34)23-15-21-18-11-7-8-14-22(18)31-25(21)26-19-12-5-6-13-20(19)29(36)33(23)26/h5-8,11-14,16-17,23-24,26,31H,3-4,9-10,15H2,1-2H3,(H,30,35)(H,32,34)/t23-,24-,26-/m0/s1. The summed E-state index contributed by atoms with van der Waals surface area (Å²) in [7, 11) is 0. The summed E-state index contributed by atoms with van der Waals surface area (Å²) < 4.78 is 0. The zero-order chi connectivity index (χ0) is 25.0. The summed E-state index contributed by atoms with van der Waals surface area (Å²) in [6.45, 7) is 3.88. The number of hydrogen-bond acceptors (Lipinski definition) is 3. The number of hydrogen-bond donors (Lipinski definition) is 3. The molecular formula is C29H32N4O3. The first-order chi connectivity index (χ1) is 17.4. The minimum absolute atomic E-state index is 0.0788. The first kappa shape index (κ1) is 22.8. The van der Waals surface area contributed by atoms with Crippen molar-refractivity contribution in [3.63, 3.8) is 0 Å². The maximum Gasteiger partial charge on any atom is 0.255 e. The molecule has 186 valence electrons. The molecule has 36 heavy (non-hydrogen) atoms. The first-order valence-electron chi connectivity index (χ1n) is 13.1. The van der Waals surface area contributed by atoms with Crippen molar-refractivity contribution in [1.82, 2.24) is 20.5 Å². The van der Waals surface area contributed by atoms with Gasteiger partial charge in [0, 0.05) is 34.6 Å². The molecule has 7 nitrogen and oxygen atoms in total. The molecule has 6 rings (SSSR count). The third-order valence-electron chi connectivity index (χ3n) is 8.10. The van der Waals surface area contributed by atoms with Gasteiger partial charge < -0.3 is 20.5 Å². The highest BCUT2D eigenvalue weighted by molar-refractivity contribution is 6.04. The number of amides is 3. The number of carbonyl (C=O) groups is 3. The highest BCUT2D eigenvalue weighted by Crippen LogP contribution is 2.46. The smallest absolute Gasteiger partial charge is 0.255 e. The molecule has 3 aliphatic rings. The van der Waals surface area contributed by atoms with Crippen LogP contribution >= 0.6 is 0 Å². The van der Waals surface area contributed by atoms with Crippen molar-refractivity contribution in [2.45, 2.75) is 70.1 Å². The Morgan fingerprint density at radius 1 is 1.03 bits per heavy atom. The van der Waals surface area contributed by atoms with E-state index in [0.29, 0.717) is 12.0 Å². The molecule has 3 atom stereocenters. The summed E-state index contributed by atoms with van der Waals surface area (Å²) in [6.07, 6.45) is 4.61. The Labute approximate surface area is 210 Å². The molecule has 3 amide bonds. The Balaban J connectivity index is 1.35. The Kier molecular flexibility index (Phi) is 5.58. The van der Waals surface area contributed by atoms with E-state index in [-0.39, 0.29) is 35.7 Å². The van der Waals surface area contributed by atoms with Gasteiger partial charge in [-0.15, -0.1) is 0 Å². The van der Waals surface area contributed by atoms with Gasteiger partial charge in [0.15, 0.2) is 0 Å². The number of para-hydroxylation sites is 1. The highest BCUT2D eigenvalue weighted by Gasteiger charge is 2.49. The van der Waals surface area contributed by atoms with Gasteiger partial charge in [-0.3, -0.25) is 14.4 Å². The Bertz CT molecular complexity index is 1350. The fourth-order valence-corrected chi connectivity index (χ4v) is 6.28. The molecule has 0 bridgehead atoms. The molecule has 3 N–H and O–H groups in total. The highest BCUT2D eigenvalue weighted by atomic mass is 16.2. The molecule has 0 spiro atoms. The molecule has 0 unspecified atom stereocenters. The lowest BCUT2D eigenvalue weighted by Gasteiger charge is -2.38. The summed E-state index contributed by atoms with van der Waals surface area (Å²) in [5.41, 5.74) is 4.57. The largest absolute Gasteiger partial charge is 0.356 e. The molecular weight excluding hydrogens is 452 g/mol. The van der Waals surface area contributed by atoms with Gasteiger partial charge >= 0.3 is 0 Å². The fraction of sp³-hybridized carbons (Fsp3) is 0.414. The van der Waals surface area contributed by atoms with Gasteiger partial charge in [0.2, 0.25) is 11.8 Å².